The van der Waals surface area contributed by atoms with E-state index >= 15 is 0 Å². The predicted octanol–water partition coefficient (Wildman–Crippen LogP) is 6.34. The van der Waals surface area contributed by atoms with Crippen LogP contribution in [0.1, 0.15) is 100 Å². The second-order valence-corrected chi connectivity index (χ2v) is 13.4. The molecule has 0 bridgehead atoms. The van der Waals surface area contributed by atoms with E-state index in [1.807, 2.05) is 20.8 Å². The SMILES string of the molecule is CC1CCC(C(=O)N(c2cc(C#CC(C)(C)C)sc2C(=O)O)C2CCC(NC(=O)OC3=CCOCC3)CC2)CC1. The molecule has 2 aliphatic carbocycles. The number of hydrogen-bond donors (Lipinski definition) is 2. The Labute approximate surface area is 241 Å². The zero-order valence-corrected chi connectivity index (χ0v) is 24.9. The number of carbonyl (C=O) groups excluding carboxylic acids is 2. The van der Waals surface area contributed by atoms with E-state index in [1.54, 1.807) is 17.0 Å². The number of aromatic carboxylic acids is 1. The average Bonchev–Trinajstić information content (AvgIpc) is 3.33. The van der Waals surface area contributed by atoms with Gasteiger partial charge in [0.25, 0.3) is 0 Å². The highest BCUT2D eigenvalue weighted by molar-refractivity contribution is 7.15. The first kappa shape index (κ1) is 30.1. The highest BCUT2D eigenvalue weighted by Crippen LogP contribution is 2.39. The van der Waals surface area contributed by atoms with Crippen molar-refractivity contribution in [3.63, 3.8) is 0 Å². The lowest BCUT2D eigenvalue weighted by Crippen LogP contribution is -2.49. The summed E-state index contributed by atoms with van der Waals surface area (Å²) in [5, 5.41) is 13.1. The van der Waals surface area contributed by atoms with Crippen molar-refractivity contribution in [1.82, 2.24) is 5.32 Å². The van der Waals surface area contributed by atoms with Gasteiger partial charge in [0, 0.05) is 29.8 Å². The standard InChI is InChI=1S/C31H42N2O6S/c1-20-5-7-21(8-6-20)28(34)33(26-19-25(13-16-31(2,3)4)40-27(26)29(35)36)23-11-9-22(10-12-23)32-30(37)39-24-14-17-38-18-15-24/h14,19-23H,5-12,15,17-18H2,1-4H3,(H,32,37)(H,35,36). The minimum absolute atomic E-state index is 0.0183. The summed E-state index contributed by atoms with van der Waals surface area (Å²) >= 11 is 1.14. The number of rotatable bonds is 6. The van der Waals surface area contributed by atoms with Crippen LogP contribution in [0.3, 0.4) is 0 Å². The lowest BCUT2D eigenvalue weighted by atomic mass is 9.81. The molecule has 9 heteroatoms. The molecule has 1 aromatic heterocycles. The molecule has 0 saturated heterocycles. The molecule has 3 aliphatic rings. The van der Waals surface area contributed by atoms with Crippen molar-refractivity contribution in [2.24, 2.45) is 17.3 Å². The zero-order valence-electron chi connectivity index (χ0n) is 24.1. The van der Waals surface area contributed by atoms with E-state index in [2.05, 4.69) is 24.1 Å². The van der Waals surface area contributed by atoms with E-state index in [0.29, 0.717) is 67.6 Å². The Bertz CT molecular complexity index is 1170. The summed E-state index contributed by atoms with van der Waals surface area (Å²) in [4.78, 5) is 41.5. The Morgan fingerprint density at radius 1 is 1.10 bits per heavy atom. The molecule has 0 aromatic carbocycles. The van der Waals surface area contributed by atoms with Gasteiger partial charge in [0.05, 0.1) is 23.8 Å². The van der Waals surface area contributed by atoms with E-state index in [4.69, 9.17) is 9.47 Å². The molecule has 1 aliphatic heterocycles. The second kappa shape index (κ2) is 13.2. The van der Waals surface area contributed by atoms with Crippen molar-refractivity contribution in [2.75, 3.05) is 18.1 Å². The molecular weight excluding hydrogens is 528 g/mol. The minimum Gasteiger partial charge on any atom is -0.477 e. The van der Waals surface area contributed by atoms with Crippen LogP contribution in [-0.2, 0) is 14.3 Å². The summed E-state index contributed by atoms with van der Waals surface area (Å²) in [5.74, 6) is 6.42. The molecule has 2 saturated carbocycles. The molecule has 1 aromatic rings. The van der Waals surface area contributed by atoms with Crippen LogP contribution in [0.15, 0.2) is 17.9 Å². The zero-order chi connectivity index (χ0) is 28.9. The summed E-state index contributed by atoms with van der Waals surface area (Å²) in [7, 11) is 0. The van der Waals surface area contributed by atoms with Crippen LogP contribution < -0.4 is 10.2 Å². The van der Waals surface area contributed by atoms with E-state index in [-0.39, 0.29) is 34.2 Å². The number of ether oxygens (including phenoxy) is 2. The number of thiophene rings is 1. The maximum atomic E-state index is 14.1. The third-order valence-electron chi connectivity index (χ3n) is 7.86. The van der Waals surface area contributed by atoms with Crippen LogP contribution in [-0.4, -0.2) is 48.4 Å². The van der Waals surface area contributed by atoms with Crippen LogP contribution >= 0.6 is 11.3 Å². The Balaban J connectivity index is 1.53. The number of amides is 2. The van der Waals surface area contributed by atoms with E-state index in [9.17, 15) is 19.5 Å². The molecular formula is C31H42N2O6S. The van der Waals surface area contributed by atoms with E-state index < -0.39 is 12.1 Å². The number of carboxylic acids is 1. The van der Waals surface area contributed by atoms with Gasteiger partial charge in [-0.3, -0.25) is 4.79 Å². The number of alkyl carbamates (subject to hydrolysis) is 1. The summed E-state index contributed by atoms with van der Waals surface area (Å²) in [5.41, 5.74) is 0.233. The van der Waals surface area contributed by atoms with Crippen molar-refractivity contribution >= 4 is 35.0 Å². The van der Waals surface area contributed by atoms with Crippen LogP contribution in [0.5, 0.6) is 0 Å². The van der Waals surface area contributed by atoms with Gasteiger partial charge in [0.1, 0.15) is 10.6 Å². The molecule has 2 fully saturated rings. The summed E-state index contributed by atoms with van der Waals surface area (Å²) in [6.45, 7) is 9.23. The highest BCUT2D eigenvalue weighted by atomic mass is 32.1. The molecule has 4 rings (SSSR count). The molecule has 0 atom stereocenters. The Morgan fingerprint density at radius 3 is 2.40 bits per heavy atom. The monoisotopic (exact) mass is 570 g/mol. The van der Waals surface area contributed by atoms with Crippen molar-refractivity contribution < 1.29 is 29.0 Å². The van der Waals surface area contributed by atoms with Gasteiger partial charge < -0.3 is 24.8 Å². The van der Waals surface area contributed by atoms with Gasteiger partial charge in [-0.05, 0) is 90.2 Å². The van der Waals surface area contributed by atoms with Crippen LogP contribution in [0.2, 0.25) is 0 Å². The molecule has 2 heterocycles. The summed E-state index contributed by atoms with van der Waals surface area (Å²) < 4.78 is 10.7. The first-order valence-electron chi connectivity index (χ1n) is 14.5. The maximum absolute atomic E-state index is 14.1. The first-order valence-corrected chi connectivity index (χ1v) is 15.3. The fourth-order valence-electron chi connectivity index (χ4n) is 5.62. The van der Waals surface area contributed by atoms with Crippen LogP contribution in [0.25, 0.3) is 0 Å². The maximum Gasteiger partial charge on any atom is 0.412 e. The number of anilines is 1. The van der Waals surface area contributed by atoms with Crippen molar-refractivity contribution in [3.8, 4) is 11.8 Å². The van der Waals surface area contributed by atoms with Gasteiger partial charge in [-0.15, -0.1) is 11.3 Å². The number of carbonyl (C=O) groups is 3. The van der Waals surface area contributed by atoms with Gasteiger partial charge in [-0.25, -0.2) is 9.59 Å². The fourth-order valence-corrected chi connectivity index (χ4v) is 6.46. The number of nitrogens with zero attached hydrogens (tertiary/aromatic N) is 1. The largest absolute Gasteiger partial charge is 0.477 e. The quantitative estimate of drug-likeness (QED) is 0.387. The lowest BCUT2D eigenvalue weighted by Gasteiger charge is -2.39. The normalized spacial score (nSPS) is 25.1. The Kier molecular flexibility index (Phi) is 9.96. The summed E-state index contributed by atoms with van der Waals surface area (Å²) in [6, 6.07) is 1.58. The predicted molar refractivity (Wildman–Crippen MR) is 155 cm³/mol. The molecule has 2 N–H and O–H groups in total. The van der Waals surface area contributed by atoms with Gasteiger partial charge in [0.15, 0.2) is 0 Å². The van der Waals surface area contributed by atoms with Gasteiger partial charge in [0.2, 0.25) is 5.91 Å². The number of carboxylic acid groups (broad SMARTS) is 1. The van der Waals surface area contributed by atoms with Crippen molar-refractivity contribution in [1.29, 1.82) is 0 Å². The highest BCUT2D eigenvalue weighted by Gasteiger charge is 2.37. The average molecular weight is 571 g/mol. The van der Waals surface area contributed by atoms with Crippen LogP contribution in [0, 0.1) is 29.1 Å². The smallest absolute Gasteiger partial charge is 0.412 e. The number of hydrogen-bond acceptors (Lipinski definition) is 6. The fraction of sp³-hybridized carbons (Fsp3) is 0.645. The van der Waals surface area contributed by atoms with Gasteiger partial charge in [-0.1, -0.05) is 18.8 Å². The lowest BCUT2D eigenvalue weighted by molar-refractivity contribution is -0.124. The molecule has 0 radical (unpaired) electrons. The van der Waals surface area contributed by atoms with Crippen molar-refractivity contribution in [3.05, 3.63) is 27.7 Å². The van der Waals surface area contributed by atoms with E-state index in [1.165, 1.54) is 0 Å². The Morgan fingerprint density at radius 2 is 1.80 bits per heavy atom. The number of nitrogens with one attached hydrogen (secondary N) is 1. The summed E-state index contributed by atoms with van der Waals surface area (Å²) in [6.07, 6.45) is 8.21. The third kappa shape index (κ3) is 8.11. The van der Waals surface area contributed by atoms with Gasteiger partial charge >= 0.3 is 12.1 Å². The minimum atomic E-state index is -1.04. The van der Waals surface area contributed by atoms with E-state index in [0.717, 1.165) is 37.0 Å². The first-order chi connectivity index (χ1) is 19.0. The molecule has 0 spiro atoms. The molecule has 218 valence electrons. The Hall–Kier alpha value is -2.83. The molecule has 40 heavy (non-hydrogen) atoms. The molecule has 2 amide bonds. The third-order valence-corrected chi connectivity index (χ3v) is 8.89. The van der Waals surface area contributed by atoms with Crippen molar-refractivity contribution in [2.45, 2.75) is 97.6 Å². The molecule has 8 nitrogen and oxygen atoms in total. The van der Waals surface area contributed by atoms with Crippen LogP contribution in [0.4, 0.5) is 10.5 Å². The van der Waals surface area contributed by atoms with Gasteiger partial charge in [-0.2, -0.15) is 0 Å². The topological polar surface area (TPSA) is 105 Å². The second-order valence-electron chi connectivity index (χ2n) is 12.3. The molecule has 0 unspecified atom stereocenters.